The maximum Gasteiger partial charge on any atom is 0.253 e. The number of rotatable bonds is 5. The van der Waals surface area contributed by atoms with Crippen molar-refractivity contribution in [2.45, 2.75) is 20.4 Å². The van der Waals surface area contributed by atoms with Gasteiger partial charge in [-0.2, -0.15) is 0 Å². The van der Waals surface area contributed by atoms with Crippen LogP contribution in [-0.4, -0.2) is 55.3 Å². The van der Waals surface area contributed by atoms with Crippen LogP contribution in [0.4, 0.5) is 0 Å². The molecule has 6 nitrogen and oxygen atoms in total. The van der Waals surface area contributed by atoms with E-state index < -0.39 is 0 Å². The molecule has 1 fully saturated rings. The van der Waals surface area contributed by atoms with Gasteiger partial charge >= 0.3 is 0 Å². The molecule has 28 heavy (non-hydrogen) atoms. The Bertz CT molecular complexity index is 860. The molecule has 0 saturated carbocycles. The minimum absolute atomic E-state index is 0.0916. The minimum Gasteiger partial charge on any atom is -0.494 e. The van der Waals surface area contributed by atoms with E-state index in [1.807, 2.05) is 49.1 Å². The van der Waals surface area contributed by atoms with Crippen LogP contribution in [0.15, 0.2) is 36.4 Å². The molecule has 0 unspecified atom stereocenters. The molecule has 0 spiro atoms. The summed E-state index contributed by atoms with van der Waals surface area (Å²) in [5.41, 5.74) is 2.92. The first-order valence-corrected chi connectivity index (χ1v) is 9.77. The molecule has 1 saturated heterocycles. The monoisotopic (exact) mass is 382 g/mol. The SMILES string of the molecule is CCOc1ccc(C(=O)N2CCN(Cc3ccc4c(c3)OCO4)CC2)cc1C. The fraction of sp³-hybridized carbons (Fsp3) is 0.409. The molecule has 0 aromatic heterocycles. The highest BCUT2D eigenvalue weighted by molar-refractivity contribution is 5.94. The molecule has 0 aliphatic carbocycles. The molecule has 0 atom stereocenters. The number of hydrogen-bond acceptors (Lipinski definition) is 5. The quantitative estimate of drug-likeness (QED) is 0.795. The van der Waals surface area contributed by atoms with Gasteiger partial charge in [-0.1, -0.05) is 6.07 Å². The third-order valence-corrected chi connectivity index (χ3v) is 5.22. The predicted molar refractivity (Wildman–Crippen MR) is 106 cm³/mol. The van der Waals surface area contributed by atoms with Gasteiger partial charge in [0, 0.05) is 38.3 Å². The van der Waals surface area contributed by atoms with Crippen LogP contribution in [-0.2, 0) is 6.54 Å². The van der Waals surface area contributed by atoms with Gasteiger partial charge in [0.25, 0.3) is 5.91 Å². The van der Waals surface area contributed by atoms with Crippen LogP contribution in [0.5, 0.6) is 17.2 Å². The molecular weight excluding hydrogens is 356 g/mol. The van der Waals surface area contributed by atoms with Gasteiger partial charge in [0.1, 0.15) is 5.75 Å². The summed E-state index contributed by atoms with van der Waals surface area (Å²) in [5, 5.41) is 0. The number of carbonyl (C=O) groups excluding carboxylic acids is 1. The van der Waals surface area contributed by atoms with Gasteiger partial charge in [-0.05, 0) is 55.3 Å². The molecule has 0 radical (unpaired) electrons. The van der Waals surface area contributed by atoms with Gasteiger partial charge in [-0.3, -0.25) is 9.69 Å². The maximum absolute atomic E-state index is 12.9. The molecule has 6 heteroatoms. The summed E-state index contributed by atoms with van der Waals surface area (Å²) in [6, 6.07) is 11.8. The zero-order chi connectivity index (χ0) is 19.5. The maximum atomic E-state index is 12.9. The van der Waals surface area contributed by atoms with Crippen LogP contribution in [0.25, 0.3) is 0 Å². The summed E-state index contributed by atoms with van der Waals surface area (Å²) in [6.45, 7) is 8.88. The van der Waals surface area contributed by atoms with Crippen LogP contribution in [0.2, 0.25) is 0 Å². The predicted octanol–water partition coefficient (Wildman–Crippen LogP) is 3.08. The number of amides is 1. The standard InChI is InChI=1S/C22H26N2O4/c1-3-26-19-7-5-18(12-16(19)2)22(25)24-10-8-23(9-11-24)14-17-4-6-20-21(13-17)28-15-27-20/h4-7,12-13H,3,8-11,14-15H2,1-2H3. The lowest BCUT2D eigenvalue weighted by Gasteiger charge is -2.35. The summed E-state index contributed by atoms with van der Waals surface area (Å²) in [6.07, 6.45) is 0. The Labute approximate surface area is 165 Å². The van der Waals surface area contributed by atoms with Gasteiger partial charge in [-0.25, -0.2) is 0 Å². The van der Waals surface area contributed by atoms with E-state index in [0.29, 0.717) is 13.4 Å². The van der Waals surface area contributed by atoms with E-state index in [-0.39, 0.29) is 5.91 Å². The van der Waals surface area contributed by atoms with E-state index in [4.69, 9.17) is 14.2 Å². The van der Waals surface area contributed by atoms with E-state index in [2.05, 4.69) is 11.0 Å². The summed E-state index contributed by atoms with van der Waals surface area (Å²) >= 11 is 0. The van der Waals surface area contributed by atoms with Gasteiger partial charge in [0.05, 0.1) is 6.61 Å². The number of fused-ring (bicyclic) bond motifs is 1. The highest BCUT2D eigenvalue weighted by atomic mass is 16.7. The van der Waals surface area contributed by atoms with Crippen LogP contribution >= 0.6 is 0 Å². The molecule has 1 amide bonds. The van der Waals surface area contributed by atoms with Crippen molar-refractivity contribution >= 4 is 5.91 Å². The first-order chi connectivity index (χ1) is 13.6. The molecule has 2 aliphatic heterocycles. The summed E-state index contributed by atoms with van der Waals surface area (Å²) in [5.74, 6) is 2.56. The Morgan fingerprint density at radius 1 is 1.04 bits per heavy atom. The number of carbonyl (C=O) groups is 1. The molecule has 2 aromatic carbocycles. The Morgan fingerprint density at radius 2 is 1.82 bits per heavy atom. The fourth-order valence-electron chi connectivity index (χ4n) is 3.69. The molecule has 2 heterocycles. The summed E-state index contributed by atoms with van der Waals surface area (Å²) in [7, 11) is 0. The topological polar surface area (TPSA) is 51.2 Å². The Balaban J connectivity index is 1.33. The second kappa shape index (κ2) is 8.10. The van der Waals surface area contributed by atoms with Crippen LogP contribution in [0.1, 0.15) is 28.4 Å². The lowest BCUT2D eigenvalue weighted by Crippen LogP contribution is -2.48. The van der Waals surface area contributed by atoms with Crippen molar-refractivity contribution < 1.29 is 19.0 Å². The lowest BCUT2D eigenvalue weighted by atomic mass is 10.1. The Kier molecular flexibility index (Phi) is 5.39. The van der Waals surface area contributed by atoms with Crippen molar-refractivity contribution in [3.8, 4) is 17.2 Å². The minimum atomic E-state index is 0.0916. The lowest BCUT2D eigenvalue weighted by molar-refractivity contribution is 0.0628. The van der Waals surface area contributed by atoms with E-state index in [1.54, 1.807) is 0 Å². The van der Waals surface area contributed by atoms with Gasteiger partial charge in [-0.15, -0.1) is 0 Å². The zero-order valence-electron chi connectivity index (χ0n) is 16.4. The van der Waals surface area contributed by atoms with E-state index in [0.717, 1.165) is 61.1 Å². The van der Waals surface area contributed by atoms with Gasteiger partial charge < -0.3 is 19.1 Å². The molecule has 0 N–H and O–H groups in total. The third-order valence-electron chi connectivity index (χ3n) is 5.22. The molecular formula is C22H26N2O4. The summed E-state index contributed by atoms with van der Waals surface area (Å²) < 4.78 is 16.4. The first-order valence-electron chi connectivity index (χ1n) is 9.77. The normalized spacial score (nSPS) is 16.3. The van der Waals surface area contributed by atoms with Gasteiger partial charge in [0.2, 0.25) is 6.79 Å². The van der Waals surface area contributed by atoms with Crippen LogP contribution in [0.3, 0.4) is 0 Å². The number of piperazine rings is 1. The second-order valence-electron chi connectivity index (χ2n) is 7.17. The van der Waals surface area contributed by atoms with Crippen molar-refractivity contribution in [1.82, 2.24) is 9.80 Å². The number of nitrogens with zero attached hydrogens (tertiary/aromatic N) is 2. The molecule has 2 aromatic rings. The Hall–Kier alpha value is -2.73. The third kappa shape index (κ3) is 3.92. The number of aryl methyl sites for hydroxylation is 1. The number of hydrogen-bond donors (Lipinski definition) is 0. The van der Waals surface area contributed by atoms with Crippen LogP contribution < -0.4 is 14.2 Å². The van der Waals surface area contributed by atoms with Crippen molar-refractivity contribution in [1.29, 1.82) is 0 Å². The van der Waals surface area contributed by atoms with Crippen molar-refractivity contribution in [2.75, 3.05) is 39.6 Å². The second-order valence-corrected chi connectivity index (χ2v) is 7.17. The van der Waals surface area contributed by atoms with E-state index in [1.165, 1.54) is 5.56 Å². The average Bonchev–Trinajstić information content (AvgIpc) is 3.17. The Morgan fingerprint density at radius 3 is 2.57 bits per heavy atom. The molecule has 4 rings (SSSR count). The first kappa shape index (κ1) is 18.6. The smallest absolute Gasteiger partial charge is 0.253 e. The highest BCUT2D eigenvalue weighted by Gasteiger charge is 2.23. The van der Waals surface area contributed by atoms with Crippen LogP contribution in [0, 0.1) is 6.92 Å². The van der Waals surface area contributed by atoms with Crippen molar-refractivity contribution in [3.05, 3.63) is 53.1 Å². The van der Waals surface area contributed by atoms with Gasteiger partial charge in [0.15, 0.2) is 11.5 Å². The highest BCUT2D eigenvalue weighted by Crippen LogP contribution is 2.32. The molecule has 2 aliphatic rings. The van der Waals surface area contributed by atoms with E-state index in [9.17, 15) is 4.79 Å². The van der Waals surface area contributed by atoms with Crippen molar-refractivity contribution in [2.24, 2.45) is 0 Å². The zero-order valence-corrected chi connectivity index (χ0v) is 16.4. The molecule has 0 bridgehead atoms. The molecule has 148 valence electrons. The fourth-order valence-corrected chi connectivity index (χ4v) is 3.69. The average molecular weight is 382 g/mol. The number of ether oxygens (including phenoxy) is 3. The number of benzene rings is 2. The van der Waals surface area contributed by atoms with E-state index >= 15 is 0 Å². The van der Waals surface area contributed by atoms with Crippen molar-refractivity contribution in [3.63, 3.8) is 0 Å². The summed E-state index contributed by atoms with van der Waals surface area (Å²) in [4.78, 5) is 17.2. The largest absolute Gasteiger partial charge is 0.494 e.